The van der Waals surface area contributed by atoms with Gasteiger partial charge in [0.1, 0.15) is 0 Å². The van der Waals surface area contributed by atoms with E-state index < -0.39 is 0 Å². The van der Waals surface area contributed by atoms with Gasteiger partial charge in [0.15, 0.2) is 0 Å². The summed E-state index contributed by atoms with van der Waals surface area (Å²) in [6.45, 7) is 8.69. The van der Waals surface area contributed by atoms with Crippen LogP contribution in [0.3, 0.4) is 0 Å². The fraction of sp³-hybridized carbons (Fsp3) is 0.647. The van der Waals surface area contributed by atoms with Gasteiger partial charge in [-0.15, -0.1) is 0 Å². The van der Waals surface area contributed by atoms with Crippen molar-refractivity contribution < 1.29 is 5.11 Å². The van der Waals surface area contributed by atoms with E-state index in [4.69, 9.17) is 5.11 Å². The van der Waals surface area contributed by atoms with Gasteiger partial charge < -0.3 is 10.4 Å². The van der Waals surface area contributed by atoms with E-state index in [0.29, 0.717) is 12.6 Å². The molecule has 1 aliphatic rings. The Kier molecular flexibility index (Phi) is 4.82. The average molecular weight is 317 g/mol. The third-order valence-electron chi connectivity index (χ3n) is 4.93. The Balaban J connectivity index is 1.74. The van der Waals surface area contributed by atoms with Gasteiger partial charge in [0, 0.05) is 41.6 Å². The third kappa shape index (κ3) is 3.05. The molecule has 0 aliphatic heterocycles. The number of rotatable bonds is 6. The van der Waals surface area contributed by atoms with E-state index in [2.05, 4.69) is 34.0 Å². The van der Waals surface area contributed by atoms with Crippen LogP contribution < -0.4 is 5.32 Å². The minimum Gasteiger partial charge on any atom is -0.394 e. The first-order chi connectivity index (χ1) is 11.2. The molecule has 0 bridgehead atoms. The van der Waals surface area contributed by atoms with E-state index in [0.717, 1.165) is 37.3 Å². The first-order valence-corrected chi connectivity index (χ1v) is 8.57. The molecule has 0 fully saturated rings. The van der Waals surface area contributed by atoms with E-state index in [1.54, 1.807) is 0 Å². The van der Waals surface area contributed by atoms with Crippen LogP contribution in [-0.2, 0) is 26.1 Å². The van der Waals surface area contributed by atoms with E-state index in [1.807, 2.05) is 17.8 Å². The standard InChI is InChI=1S/C17H27N5O/c1-4-21-17-7-5-6-16(15(17)11-19-21)18-10-14-12(2)20-22(8-9-23)13(14)3/h11,16,18,23H,4-10H2,1-3H3/t16-/m0/s1. The van der Waals surface area contributed by atoms with Crippen molar-refractivity contribution in [2.24, 2.45) is 0 Å². The Labute approximate surface area is 137 Å². The Morgan fingerprint density at radius 2 is 2.17 bits per heavy atom. The first kappa shape index (κ1) is 16.2. The number of hydrogen-bond acceptors (Lipinski definition) is 4. The molecule has 126 valence electrons. The zero-order valence-corrected chi connectivity index (χ0v) is 14.3. The quantitative estimate of drug-likeness (QED) is 0.853. The third-order valence-corrected chi connectivity index (χ3v) is 4.93. The molecular formula is C17H27N5O. The fourth-order valence-corrected chi connectivity index (χ4v) is 3.63. The number of fused-ring (bicyclic) bond motifs is 1. The molecule has 0 aromatic carbocycles. The average Bonchev–Trinajstić information content (AvgIpc) is 3.08. The topological polar surface area (TPSA) is 67.9 Å². The number of aliphatic hydroxyl groups excluding tert-OH is 1. The van der Waals surface area contributed by atoms with Gasteiger partial charge >= 0.3 is 0 Å². The summed E-state index contributed by atoms with van der Waals surface area (Å²) in [5.74, 6) is 0. The molecule has 2 N–H and O–H groups in total. The van der Waals surface area contributed by atoms with Gasteiger partial charge in [0.25, 0.3) is 0 Å². The van der Waals surface area contributed by atoms with Crippen molar-refractivity contribution in [2.75, 3.05) is 6.61 Å². The summed E-state index contributed by atoms with van der Waals surface area (Å²) in [6.07, 6.45) is 5.53. The number of nitrogens with one attached hydrogen (secondary N) is 1. The highest BCUT2D eigenvalue weighted by Gasteiger charge is 2.24. The maximum Gasteiger partial charge on any atom is 0.0644 e. The van der Waals surface area contributed by atoms with Crippen LogP contribution in [0, 0.1) is 13.8 Å². The van der Waals surface area contributed by atoms with E-state index in [1.165, 1.54) is 23.2 Å². The second-order valence-electron chi connectivity index (χ2n) is 6.28. The molecule has 6 nitrogen and oxygen atoms in total. The van der Waals surface area contributed by atoms with E-state index >= 15 is 0 Å². The van der Waals surface area contributed by atoms with Crippen LogP contribution in [0.5, 0.6) is 0 Å². The fourth-order valence-electron chi connectivity index (χ4n) is 3.63. The van der Waals surface area contributed by atoms with Crippen LogP contribution in [0.1, 0.15) is 54.0 Å². The summed E-state index contributed by atoms with van der Waals surface area (Å²) in [4.78, 5) is 0. The number of nitrogens with zero attached hydrogens (tertiary/aromatic N) is 4. The van der Waals surface area contributed by atoms with E-state index in [-0.39, 0.29) is 6.61 Å². The molecule has 6 heteroatoms. The molecule has 23 heavy (non-hydrogen) atoms. The van der Waals surface area contributed by atoms with Crippen molar-refractivity contribution in [1.82, 2.24) is 24.9 Å². The SMILES string of the molecule is CCn1ncc2c1CCC[C@@H]2NCc1c(C)nn(CCO)c1C. The van der Waals surface area contributed by atoms with Crippen molar-refractivity contribution in [1.29, 1.82) is 0 Å². The Hall–Kier alpha value is -1.66. The van der Waals surface area contributed by atoms with Crippen LogP contribution >= 0.6 is 0 Å². The Morgan fingerprint density at radius 3 is 2.91 bits per heavy atom. The van der Waals surface area contributed by atoms with Crippen molar-refractivity contribution in [2.45, 2.75) is 65.7 Å². The largest absolute Gasteiger partial charge is 0.394 e. The van der Waals surface area contributed by atoms with Crippen LogP contribution in [0.2, 0.25) is 0 Å². The maximum atomic E-state index is 9.13. The normalized spacial score (nSPS) is 17.5. The number of aliphatic hydroxyl groups is 1. The van der Waals surface area contributed by atoms with Gasteiger partial charge in [-0.2, -0.15) is 10.2 Å². The van der Waals surface area contributed by atoms with Crippen LogP contribution in [0.4, 0.5) is 0 Å². The lowest BCUT2D eigenvalue weighted by molar-refractivity contribution is 0.267. The molecule has 3 rings (SSSR count). The molecule has 0 unspecified atom stereocenters. The minimum atomic E-state index is 0.122. The summed E-state index contributed by atoms with van der Waals surface area (Å²) in [7, 11) is 0. The molecule has 1 aliphatic carbocycles. The maximum absolute atomic E-state index is 9.13. The lowest BCUT2D eigenvalue weighted by atomic mass is 9.92. The molecule has 1 atom stereocenters. The minimum absolute atomic E-state index is 0.122. The Bertz CT molecular complexity index is 673. The molecule has 0 saturated carbocycles. The lowest BCUT2D eigenvalue weighted by Gasteiger charge is -2.24. The van der Waals surface area contributed by atoms with Crippen LogP contribution in [-0.4, -0.2) is 31.3 Å². The summed E-state index contributed by atoms with van der Waals surface area (Å²) in [6, 6.07) is 0.374. The predicted molar refractivity (Wildman–Crippen MR) is 89.2 cm³/mol. The van der Waals surface area contributed by atoms with Gasteiger partial charge in [-0.25, -0.2) is 0 Å². The molecule has 0 saturated heterocycles. The van der Waals surface area contributed by atoms with Crippen LogP contribution in [0.15, 0.2) is 6.20 Å². The monoisotopic (exact) mass is 317 g/mol. The second-order valence-corrected chi connectivity index (χ2v) is 6.28. The van der Waals surface area contributed by atoms with Gasteiger partial charge in [0.05, 0.1) is 25.0 Å². The molecule has 2 aromatic heterocycles. The van der Waals surface area contributed by atoms with Crippen LogP contribution in [0.25, 0.3) is 0 Å². The van der Waals surface area contributed by atoms with Gasteiger partial charge in [-0.3, -0.25) is 9.36 Å². The number of aromatic nitrogens is 4. The zero-order valence-electron chi connectivity index (χ0n) is 14.3. The van der Waals surface area contributed by atoms with Crippen molar-refractivity contribution in [3.05, 3.63) is 34.4 Å². The molecule has 2 heterocycles. The van der Waals surface area contributed by atoms with Crippen molar-refractivity contribution in [3.63, 3.8) is 0 Å². The molecule has 2 aromatic rings. The summed E-state index contributed by atoms with van der Waals surface area (Å²) >= 11 is 0. The molecule has 0 amide bonds. The summed E-state index contributed by atoms with van der Waals surface area (Å²) in [5, 5.41) is 21.9. The highest BCUT2D eigenvalue weighted by Crippen LogP contribution is 2.30. The smallest absolute Gasteiger partial charge is 0.0644 e. The number of hydrogen-bond donors (Lipinski definition) is 2. The first-order valence-electron chi connectivity index (χ1n) is 8.57. The van der Waals surface area contributed by atoms with E-state index in [9.17, 15) is 0 Å². The second kappa shape index (κ2) is 6.84. The lowest BCUT2D eigenvalue weighted by Crippen LogP contribution is -2.25. The molecule has 0 radical (unpaired) electrons. The van der Waals surface area contributed by atoms with Crippen molar-refractivity contribution >= 4 is 0 Å². The number of aryl methyl sites for hydroxylation is 2. The summed E-state index contributed by atoms with van der Waals surface area (Å²) < 4.78 is 4.02. The zero-order chi connectivity index (χ0) is 16.4. The molecular weight excluding hydrogens is 290 g/mol. The predicted octanol–water partition coefficient (Wildman–Crippen LogP) is 1.88. The Morgan fingerprint density at radius 1 is 1.35 bits per heavy atom. The highest BCUT2D eigenvalue weighted by atomic mass is 16.3. The van der Waals surface area contributed by atoms with Gasteiger partial charge in [0.2, 0.25) is 0 Å². The highest BCUT2D eigenvalue weighted by molar-refractivity contribution is 5.27. The summed E-state index contributed by atoms with van der Waals surface area (Å²) in [5.41, 5.74) is 6.18. The van der Waals surface area contributed by atoms with Crippen molar-refractivity contribution in [3.8, 4) is 0 Å². The molecule has 0 spiro atoms. The van der Waals surface area contributed by atoms with Gasteiger partial charge in [-0.05, 0) is 40.0 Å². The van der Waals surface area contributed by atoms with Gasteiger partial charge in [-0.1, -0.05) is 0 Å².